The van der Waals surface area contributed by atoms with Gasteiger partial charge in [0.1, 0.15) is 0 Å². The smallest absolute Gasteiger partial charge is 0.0449 e. The Hall–Kier alpha value is -0.860. The van der Waals surface area contributed by atoms with Gasteiger partial charge in [0, 0.05) is 25.2 Å². The lowest BCUT2D eigenvalue weighted by Crippen LogP contribution is -2.55. The Labute approximate surface area is 129 Å². The zero-order valence-corrected chi connectivity index (χ0v) is 13.6. The van der Waals surface area contributed by atoms with Crippen molar-refractivity contribution in [1.29, 1.82) is 0 Å². The second-order valence-electron chi connectivity index (χ2n) is 7.26. The number of hydrogen-bond acceptors (Lipinski definition) is 2. The molecular weight excluding hydrogens is 256 g/mol. The summed E-state index contributed by atoms with van der Waals surface area (Å²) in [7, 11) is 0. The van der Waals surface area contributed by atoms with Crippen LogP contribution in [-0.2, 0) is 0 Å². The fourth-order valence-electron chi connectivity index (χ4n) is 3.78. The van der Waals surface area contributed by atoms with Gasteiger partial charge in [0.05, 0.1) is 0 Å². The van der Waals surface area contributed by atoms with Gasteiger partial charge in [0.25, 0.3) is 0 Å². The van der Waals surface area contributed by atoms with Crippen LogP contribution in [-0.4, -0.2) is 30.6 Å². The Bertz CT molecular complexity index is 424. The summed E-state index contributed by atoms with van der Waals surface area (Å²) in [6, 6.07) is 12.1. The fourth-order valence-corrected chi connectivity index (χ4v) is 3.78. The number of hydrogen-bond donors (Lipinski definition) is 1. The van der Waals surface area contributed by atoms with Crippen LogP contribution in [0, 0.1) is 11.8 Å². The van der Waals surface area contributed by atoms with Crippen molar-refractivity contribution >= 4 is 0 Å². The molecule has 0 bridgehead atoms. The number of nitrogens with zero attached hydrogens (tertiary/aromatic N) is 1. The van der Waals surface area contributed by atoms with Gasteiger partial charge < -0.3 is 5.32 Å². The Morgan fingerprint density at radius 2 is 1.95 bits per heavy atom. The van der Waals surface area contributed by atoms with Crippen molar-refractivity contribution in [3.8, 4) is 0 Å². The van der Waals surface area contributed by atoms with Gasteiger partial charge in [0.2, 0.25) is 0 Å². The molecule has 1 heterocycles. The Kier molecular flexibility index (Phi) is 4.97. The van der Waals surface area contributed by atoms with Crippen molar-refractivity contribution in [3.05, 3.63) is 35.9 Å². The van der Waals surface area contributed by atoms with Gasteiger partial charge in [-0.15, -0.1) is 0 Å². The molecule has 2 aliphatic rings. The summed E-state index contributed by atoms with van der Waals surface area (Å²) in [4.78, 5) is 2.76. The van der Waals surface area contributed by atoms with Crippen molar-refractivity contribution in [3.63, 3.8) is 0 Å². The average molecular weight is 286 g/mol. The van der Waals surface area contributed by atoms with Crippen LogP contribution in [0.5, 0.6) is 0 Å². The van der Waals surface area contributed by atoms with Crippen LogP contribution >= 0.6 is 0 Å². The Morgan fingerprint density at radius 1 is 1.19 bits per heavy atom. The molecule has 1 aromatic carbocycles. The summed E-state index contributed by atoms with van der Waals surface area (Å²) in [6.07, 6.45) is 5.82. The number of piperazine rings is 1. The van der Waals surface area contributed by atoms with Crippen molar-refractivity contribution in [1.82, 2.24) is 10.2 Å². The molecule has 2 nitrogen and oxygen atoms in total. The Morgan fingerprint density at radius 3 is 2.57 bits per heavy atom. The van der Waals surface area contributed by atoms with Gasteiger partial charge >= 0.3 is 0 Å². The third-order valence-corrected chi connectivity index (χ3v) is 5.48. The molecule has 116 valence electrons. The van der Waals surface area contributed by atoms with Crippen LogP contribution in [0.3, 0.4) is 0 Å². The minimum absolute atomic E-state index is 0.502. The van der Waals surface area contributed by atoms with Crippen molar-refractivity contribution in [2.24, 2.45) is 11.8 Å². The first-order chi connectivity index (χ1) is 10.2. The van der Waals surface area contributed by atoms with Crippen LogP contribution < -0.4 is 5.32 Å². The first-order valence-corrected chi connectivity index (χ1v) is 8.76. The zero-order valence-electron chi connectivity index (χ0n) is 13.6. The molecule has 0 radical (unpaired) electrons. The molecule has 1 aromatic rings. The molecule has 1 saturated carbocycles. The van der Waals surface area contributed by atoms with E-state index < -0.39 is 0 Å². The zero-order chi connectivity index (χ0) is 14.7. The molecular formula is C19H30N2. The summed E-state index contributed by atoms with van der Waals surface area (Å²) < 4.78 is 0. The van der Waals surface area contributed by atoms with E-state index in [0.29, 0.717) is 12.1 Å². The largest absolute Gasteiger partial charge is 0.307 e. The van der Waals surface area contributed by atoms with E-state index >= 15 is 0 Å². The first-order valence-electron chi connectivity index (χ1n) is 8.76. The van der Waals surface area contributed by atoms with Gasteiger partial charge in [-0.05, 0) is 30.4 Å². The molecule has 0 spiro atoms. The van der Waals surface area contributed by atoms with E-state index in [0.717, 1.165) is 18.4 Å². The molecule has 1 saturated heterocycles. The first kappa shape index (κ1) is 15.1. The molecule has 1 aliphatic carbocycles. The highest BCUT2D eigenvalue weighted by Crippen LogP contribution is 2.31. The van der Waals surface area contributed by atoms with Crippen molar-refractivity contribution < 1.29 is 0 Å². The topological polar surface area (TPSA) is 15.3 Å². The minimum atomic E-state index is 0.502. The van der Waals surface area contributed by atoms with E-state index in [-0.39, 0.29) is 0 Å². The predicted octanol–water partition coefficient (Wildman–Crippen LogP) is 3.85. The van der Waals surface area contributed by atoms with E-state index in [4.69, 9.17) is 0 Å². The van der Waals surface area contributed by atoms with Gasteiger partial charge in [-0.3, -0.25) is 4.90 Å². The lowest BCUT2D eigenvalue weighted by atomic mass is 9.82. The highest BCUT2D eigenvalue weighted by molar-refractivity contribution is 5.20. The van der Waals surface area contributed by atoms with Crippen LogP contribution in [0.25, 0.3) is 0 Å². The van der Waals surface area contributed by atoms with E-state index in [1.54, 1.807) is 0 Å². The number of rotatable bonds is 5. The summed E-state index contributed by atoms with van der Waals surface area (Å²) in [5.41, 5.74) is 1.44. The van der Waals surface area contributed by atoms with Crippen molar-refractivity contribution in [2.75, 3.05) is 19.6 Å². The van der Waals surface area contributed by atoms with Gasteiger partial charge in [0.15, 0.2) is 0 Å². The molecule has 0 aromatic heterocycles. The van der Waals surface area contributed by atoms with Gasteiger partial charge in [-0.2, -0.15) is 0 Å². The minimum Gasteiger partial charge on any atom is -0.307 e. The molecule has 21 heavy (non-hydrogen) atoms. The summed E-state index contributed by atoms with van der Waals surface area (Å²) in [5, 5.41) is 3.77. The van der Waals surface area contributed by atoms with E-state index in [1.165, 1.54) is 44.3 Å². The maximum absolute atomic E-state index is 3.77. The molecule has 2 fully saturated rings. The predicted molar refractivity (Wildman–Crippen MR) is 89.3 cm³/mol. The van der Waals surface area contributed by atoms with Crippen LogP contribution in [0.4, 0.5) is 0 Å². The lowest BCUT2D eigenvalue weighted by molar-refractivity contribution is 0.0857. The molecule has 1 aliphatic heterocycles. The average Bonchev–Trinajstić information content (AvgIpc) is 2.46. The number of nitrogens with one attached hydrogen (secondary N) is 1. The Balaban J connectivity index is 1.63. The molecule has 1 N–H and O–H groups in total. The highest BCUT2D eigenvalue weighted by Gasteiger charge is 2.31. The monoisotopic (exact) mass is 286 g/mol. The number of benzene rings is 1. The summed E-state index contributed by atoms with van der Waals surface area (Å²) in [6.45, 7) is 8.32. The molecule has 0 amide bonds. The summed E-state index contributed by atoms with van der Waals surface area (Å²) in [5.74, 6) is 1.75. The van der Waals surface area contributed by atoms with E-state index in [2.05, 4.69) is 54.4 Å². The van der Waals surface area contributed by atoms with E-state index in [1.807, 2.05) is 0 Å². The standard InChI is InChI=1S/C19H30N2/c1-15(2)19-13-20-18(17-9-4-3-5-10-17)14-21(19)12-11-16-7-6-8-16/h3-5,9-10,15-16,18-20H,6-8,11-14H2,1-2H3. The third kappa shape index (κ3) is 3.67. The van der Waals surface area contributed by atoms with Gasteiger partial charge in [-0.25, -0.2) is 0 Å². The molecule has 2 heteroatoms. The lowest BCUT2D eigenvalue weighted by Gasteiger charge is -2.43. The fraction of sp³-hybridized carbons (Fsp3) is 0.684. The van der Waals surface area contributed by atoms with Gasteiger partial charge in [-0.1, -0.05) is 63.4 Å². The third-order valence-electron chi connectivity index (χ3n) is 5.48. The normalized spacial score (nSPS) is 27.8. The SMILES string of the molecule is CC(C)C1CNC(c2ccccc2)CN1CCC1CCC1. The second-order valence-corrected chi connectivity index (χ2v) is 7.26. The molecule has 3 rings (SSSR count). The van der Waals surface area contributed by atoms with Crippen LogP contribution in [0.1, 0.15) is 51.1 Å². The molecule has 2 unspecified atom stereocenters. The van der Waals surface area contributed by atoms with Crippen LogP contribution in [0.15, 0.2) is 30.3 Å². The highest BCUT2D eigenvalue weighted by atomic mass is 15.2. The van der Waals surface area contributed by atoms with Crippen molar-refractivity contribution in [2.45, 2.75) is 51.6 Å². The van der Waals surface area contributed by atoms with Crippen LogP contribution in [0.2, 0.25) is 0 Å². The maximum atomic E-state index is 3.77. The second kappa shape index (κ2) is 6.93. The molecule has 2 atom stereocenters. The summed E-state index contributed by atoms with van der Waals surface area (Å²) >= 11 is 0. The maximum Gasteiger partial charge on any atom is 0.0449 e. The van der Waals surface area contributed by atoms with E-state index in [9.17, 15) is 0 Å². The quantitative estimate of drug-likeness (QED) is 0.884.